The molecular weight excluding hydrogens is 206 g/mol. The van der Waals surface area contributed by atoms with E-state index in [2.05, 4.69) is 0 Å². The number of benzene rings is 1. The quantitative estimate of drug-likeness (QED) is 0.749. The van der Waals surface area contributed by atoms with Crippen LogP contribution in [0, 0.1) is 13.8 Å². The van der Waals surface area contributed by atoms with Gasteiger partial charge in [-0.3, -0.25) is 9.59 Å². The summed E-state index contributed by atoms with van der Waals surface area (Å²) in [5, 5.41) is 8.91. The van der Waals surface area contributed by atoms with Gasteiger partial charge in [0.2, 0.25) is 0 Å². The Hall–Kier alpha value is -1.68. The topological polar surface area (TPSA) is 57.6 Å². The molecule has 1 heterocycles. The number of aryl methyl sites for hydroxylation is 1. The van der Waals surface area contributed by atoms with E-state index in [1.54, 1.807) is 6.07 Å². The summed E-state index contributed by atoms with van der Waals surface area (Å²) in [6.45, 7) is 3.83. The summed E-state index contributed by atoms with van der Waals surface area (Å²) in [6, 6.07) is 3.51. The van der Waals surface area contributed by atoms with E-state index < -0.39 is 11.7 Å². The van der Waals surface area contributed by atoms with Crippen molar-refractivity contribution in [1.29, 1.82) is 0 Å². The lowest BCUT2D eigenvalue weighted by molar-refractivity contribution is -0.114. The molecule has 0 bridgehead atoms. The number of ketones is 1. The van der Waals surface area contributed by atoms with Gasteiger partial charge < -0.3 is 10.0 Å². The number of aliphatic hydroxyl groups is 1. The number of hydrogen-bond donors (Lipinski definition) is 1. The average molecular weight is 219 g/mol. The minimum atomic E-state index is -0.544. The van der Waals surface area contributed by atoms with Gasteiger partial charge in [-0.15, -0.1) is 0 Å². The first kappa shape index (κ1) is 10.8. The largest absolute Gasteiger partial charge is 0.395 e. The second-order valence-corrected chi connectivity index (χ2v) is 3.91. The number of Topliss-reactive ketones (excluding diaryl/α,β-unsaturated/α-hetero) is 1. The van der Waals surface area contributed by atoms with Crippen LogP contribution in [0.2, 0.25) is 0 Å². The number of amides is 1. The maximum absolute atomic E-state index is 11.7. The van der Waals surface area contributed by atoms with Gasteiger partial charge in [0, 0.05) is 6.54 Å². The van der Waals surface area contributed by atoms with Crippen molar-refractivity contribution in [3.05, 3.63) is 28.8 Å². The van der Waals surface area contributed by atoms with Crippen molar-refractivity contribution in [2.75, 3.05) is 18.1 Å². The molecule has 0 saturated heterocycles. The Kier molecular flexibility index (Phi) is 2.52. The van der Waals surface area contributed by atoms with Crippen LogP contribution in [0.25, 0.3) is 0 Å². The fourth-order valence-corrected chi connectivity index (χ4v) is 1.98. The number of carbonyl (C=O) groups excluding carboxylic acids is 2. The van der Waals surface area contributed by atoms with Crippen LogP contribution in [0.15, 0.2) is 12.1 Å². The van der Waals surface area contributed by atoms with Crippen molar-refractivity contribution < 1.29 is 14.7 Å². The maximum atomic E-state index is 11.7. The molecular formula is C12H13NO3. The van der Waals surface area contributed by atoms with E-state index >= 15 is 0 Å². The molecule has 0 spiro atoms. The lowest BCUT2D eigenvalue weighted by Gasteiger charge is -2.17. The first-order valence-corrected chi connectivity index (χ1v) is 5.15. The molecule has 1 aliphatic rings. The van der Waals surface area contributed by atoms with Crippen molar-refractivity contribution in [2.24, 2.45) is 0 Å². The Bertz CT molecular complexity index is 479. The van der Waals surface area contributed by atoms with E-state index in [0.29, 0.717) is 11.3 Å². The fourth-order valence-electron chi connectivity index (χ4n) is 1.98. The molecule has 1 aliphatic heterocycles. The summed E-state index contributed by atoms with van der Waals surface area (Å²) in [6.07, 6.45) is 0. The van der Waals surface area contributed by atoms with Crippen LogP contribution < -0.4 is 4.90 Å². The van der Waals surface area contributed by atoms with Crippen molar-refractivity contribution in [2.45, 2.75) is 13.8 Å². The van der Waals surface area contributed by atoms with E-state index in [1.165, 1.54) is 4.90 Å². The standard InChI is InChI=1S/C12H13NO3/c1-7-3-4-9-10(8(7)2)13(5-6-14)12(16)11(9)15/h3-4,14H,5-6H2,1-2H3. The van der Waals surface area contributed by atoms with Crippen LogP contribution in [0.1, 0.15) is 21.5 Å². The summed E-state index contributed by atoms with van der Waals surface area (Å²) >= 11 is 0. The van der Waals surface area contributed by atoms with Crippen LogP contribution in [-0.2, 0) is 4.79 Å². The van der Waals surface area contributed by atoms with E-state index in [4.69, 9.17) is 5.11 Å². The Morgan fingerprint density at radius 1 is 1.25 bits per heavy atom. The molecule has 0 unspecified atom stereocenters. The Balaban J connectivity index is 2.62. The highest BCUT2D eigenvalue weighted by atomic mass is 16.3. The molecule has 0 atom stereocenters. The van der Waals surface area contributed by atoms with Crippen molar-refractivity contribution in [3.8, 4) is 0 Å². The second kappa shape index (κ2) is 3.72. The zero-order valence-corrected chi connectivity index (χ0v) is 9.28. The highest BCUT2D eigenvalue weighted by molar-refractivity contribution is 6.52. The molecule has 4 heteroatoms. The fraction of sp³-hybridized carbons (Fsp3) is 0.333. The van der Waals surface area contributed by atoms with Gasteiger partial charge in [-0.25, -0.2) is 0 Å². The zero-order valence-electron chi connectivity index (χ0n) is 9.28. The van der Waals surface area contributed by atoms with Gasteiger partial charge in [-0.2, -0.15) is 0 Å². The van der Waals surface area contributed by atoms with E-state index in [1.807, 2.05) is 19.9 Å². The molecule has 0 radical (unpaired) electrons. The zero-order chi connectivity index (χ0) is 11.9. The molecule has 1 aromatic rings. The van der Waals surface area contributed by atoms with Gasteiger partial charge in [-0.05, 0) is 31.0 Å². The first-order chi connectivity index (χ1) is 7.57. The molecule has 0 aromatic heterocycles. The van der Waals surface area contributed by atoms with Crippen LogP contribution in [-0.4, -0.2) is 29.9 Å². The number of rotatable bonds is 2. The van der Waals surface area contributed by atoms with Crippen LogP contribution >= 0.6 is 0 Å². The normalized spacial score (nSPS) is 14.6. The molecule has 84 valence electrons. The minimum absolute atomic E-state index is 0.147. The van der Waals surface area contributed by atoms with Gasteiger partial charge in [-0.1, -0.05) is 6.07 Å². The summed E-state index contributed by atoms with van der Waals surface area (Å²) < 4.78 is 0. The summed E-state index contributed by atoms with van der Waals surface area (Å²) in [7, 11) is 0. The van der Waals surface area contributed by atoms with Crippen LogP contribution in [0.5, 0.6) is 0 Å². The third kappa shape index (κ3) is 1.34. The summed E-state index contributed by atoms with van der Waals surface area (Å²) in [5.74, 6) is -1.02. The second-order valence-electron chi connectivity index (χ2n) is 3.91. The third-order valence-electron chi connectivity index (χ3n) is 2.98. The predicted octanol–water partition coefficient (Wildman–Crippen LogP) is 0.825. The molecule has 16 heavy (non-hydrogen) atoms. The van der Waals surface area contributed by atoms with Crippen molar-refractivity contribution in [3.63, 3.8) is 0 Å². The minimum Gasteiger partial charge on any atom is -0.395 e. The molecule has 1 amide bonds. The molecule has 0 aliphatic carbocycles. The van der Waals surface area contributed by atoms with Crippen molar-refractivity contribution in [1.82, 2.24) is 0 Å². The average Bonchev–Trinajstić information content (AvgIpc) is 2.50. The molecule has 2 rings (SSSR count). The molecule has 1 aromatic carbocycles. The first-order valence-electron chi connectivity index (χ1n) is 5.15. The van der Waals surface area contributed by atoms with Gasteiger partial charge in [0.25, 0.3) is 11.7 Å². The van der Waals surface area contributed by atoms with Crippen LogP contribution in [0.4, 0.5) is 5.69 Å². The number of fused-ring (bicyclic) bond motifs is 1. The van der Waals surface area contributed by atoms with Gasteiger partial charge in [0.15, 0.2) is 0 Å². The molecule has 1 N–H and O–H groups in total. The maximum Gasteiger partial charge on any atom is 0.299 e. The number of aliphatic hydroxyl groups excluding tert-OH is 1. The highest BCUT2D eigenvalue weighted by Crippen LogP contribution is 2.33. The summed E-state index contributed by atoms with van der Waals surface area (Å²) in [4.78, 5) is 24.7. The monoisotopic (exact) mass is 219 g/mol. The Morgan fingerprint density at radius 3 is 2.56 bits per heavy atom. The Labute approximate surface area is 93.5 Å². The number of β-amino-alcohol motifs (C(OH)–C–C–N with tert-alkyl or cyclic N) is 1. The van der Waals surface area contributed by atoms with Gasteiger partial charge >= 0.3 is 0 Å². The lowest BCUT2D eigenvalue weighted by atomic mass is 10.0. The van der Waals surface area contributed by atoms with Gasteiger partial charge in [0.05, 0.1) is 17.9 Å². The third-order valence-corrected chi connectivity index (χ3v) is 2.98. The summed E-state index contributed by atoms with van der Waals surface area (Å²) in [5.41, 5.74) is 3.06. The lowest BCUT2D eigenvalue weighted by Crippen LogP contribution is -2.32. The van der Waals surface area contributed by atoms with Crippen molar-refractivity contribution >= 4 is 17.4 Å². The SMILES string of the molecule is Cc1ccc2c(c1C)N(CCO)C(=O)C2=O. The number of carbonyl (C=O) groups is 2. The number of nitrogens with zero attached hydrogens (tertiary/aromatic N) is 1. The number of anilines is 1. The predicted molar refractivity (Wildman–Crippen MR) is 59.7 cm³/mol. The smallest absolute Gasteiger partial charge is 0.299 e. The Morgan fingerprint density at radius 2 is 1.94 bits per heavy atom. The van der Waals surface area contributed by atoms with Gasteiger partial charge in [0.1, 0.15) is 0 Å². The number of hydrogen-bond acceptors (Lipinski definition) is 3. The highest BCUT2D eigenvalue weighted by Gasteiger charge is 2.36. The van der Waals surface area contributed by atoms with E-state index in [-0.39, 0.29) is 13.2 Å². The molecule has 0 saturated carbocycles. The molecule has 0 fully saturated rings. The van der Waals surface area contributed by atoms with Crippen LogP contribution in [0.3, 0.4) is 0 Å². The van der Waals surface area contributed by atoms with E-state index in [0.717, 1.165) is 11.1 Å². The van der Waals surface area contributed by atoms with E-state index in [9.17, 15) is 9.59 Å². The molecule has 4 nitrogen and oxygen atoms in total.